The molecule has 2 aliphatic rings. The van der Waals surface area contributed by atoms with E-state index < -0.39 is 11.7 Å². The molecule has 4 nitrogen and oxygen atoms in total. The summed E-state index contributed by atoms with van der Waals surface area (Å²) in [5.74, 6) is 0.923. The fourth-order valence-electron chi connectivity index (χ4n) is 3.96. The van der Waals surface area contributed by atoms with Gasteiger partial charge in [0.2, 0.25) is 0 Å². The van der Waals surface area contributed by atoms with Gasteiger partial charge in [-0.15, -0.1) is 0 Å². The second-order valence-electron chi connectivity index (χ2n) is 8.19. The van der Waals surface area contributed by atoms with Crippen molar-refractivity contribution in [2.75, 3.05) is 6.54 Å². The molecular formula is C24H19ClF3N3O. The molecule has 5 rings (SSSR count). The van der Waals surface area contributed by atoms with Crippen molar-refractivity contribution in [2.24, 2.45) is 0 Å². The molecule has 0 unspecified atom stereocenters. The van der Waals surface area contributed by atoms with E-state index in [1.807, 2.05) is 12.1 Å². The summed E-state index contributed by atoms with van der Waals surface area (Å²) in [6.45, 7) is 0.756. The normalized spacial score (nSPS) is 16.1. The van der Waals surface area contributed by atoms with Gasteiger partial charge in [0.1, 0.15) is 5.82 Å². The molecule has 8 heteroatoms. The maximum atomic E-state index is 13.0. The molecule has 2 heterocycles. The van der Waals surface area contributed by atoms with Crippen LogP contribution in [0.25, 0.3) is 11.3 Å². The lowest BCUT2D eigenvalue weighted by molar-refractivity contribution is -0.137. The largest absolute Gasteiger partial charge is 0.416 e. The third kappa shape index (κ3) is 4.09. The third-order valence-corrected chi connectivity index (χ3v) is 6.14. The number of alkyl halides is 3. The lowest BCUT2D eigenvalue weighted by Crippen LogP contribution is -2.37. The van der Waals surface area contributed by atoms with E-state index in [0.29, 0.717) is 30.5 Å². The molecule has 1 aromatic heterocycles. The summed E-state index contributed by atoms with van der Waals surface area (Å²) in [5.41, 5.74) is 2.96. The molecule has 1 amide bonds. The highest BCUT2D eigenvalue weighted by Crippen LogP contribution is 2.40. The van der Waals surface area contributed by atoms with Crippen molar-refractivity contribution in [1.29, 1.82) is 0 Å². The number of carbonyl (C=O) groups is 1. The number of aromatic nitrogens is 2. The Morgan fingerprint density at radius 2 is 1.69 bits per heavy atom. The number of hydrogen-bond acceptors (Lipinski definition) is 3. The third-order valence-electron chi connectivity index (χ3n) is 5.88. The van der Waals surface area contributed by atoms with Gasteiger partial charge in [0, 0.05) is 47.1 Å². The predicted octanol–water partition coefficient (Wildman–Crippen LogP) is 5.89. The molecule has 0 bridgehead atoms. The van der Waals surface area contributed by atoms with Gasteiger partial charge >= 0.3 is 6.18 Å². The van der Waals surface area contributed by atoms with Gasteiger partial charge in [-0.3, -0.25) is 4.79 Å². The highest BCUT2D eigenvalue weighted by atomic mass is 35.5. The van der Waals surface area contributed by atoms with E-state index in [1.165, 1.54) is 12.1 Å². The van der Waals surface area contributed by atoms with Crippen molar-refractivity contribution < 1.29 is 18.0 Å². The second kappa shape index (κ2) is 7.89. The minimum absolute atomic E-state index is 0.227. The van der Waals surface area contributed by atoms with E-state index in [2.05, 4.69) is 0 Å². The summed E-state index contributed by atoms with van der Waals surface area (Å²) in [6.07, 6.45) is -1.70. The number of rotatable bonds is 3. The zero-order valence-corrected chi connectivity index (χ0v) is 17.7. The lowest BCUT2D eigenvalue weighted by Gasteiger charge is -2.30. The molecule has 0 atom stereocenters. The quantitative estimate of drug-likeness (QED) is 0.492. The van der Waals surface area contributed by atoms with E-state index in [-0.39, 0.29) is 11.5 Å². The summed E-state index contributed by atoms with van der Waals surface area (Å²) in [4.78, 5) is 24.3. The van der Waals surface area contributed by atoms with Crippen LogP contribution in [-0.2, 0) is 19.1 Å². The molecule has 0 radical (unpaired) electrons. The Kier molecular flexibility index (Phi) is 5.16. The van der Waals surface area contributed by atoms with E-state index in [1.54, 1.807) is 17.0 Å². The second-order valence-corrected chi connectivity index (χ2v) is 8.63. The molecule has 32 heavy (non-hydrogen) atoms. The van der Waals surface area contributed by atoms with Gasteiger partial charge in [-0.25, -0.2) is 9.97 Å². The first-order valence-corrected chi connectivity index (χ1v) is 10.8. The van der Waals surface area contributed by atoms with Gasteiger partial charge in [-0.1, -0.05) is 23.7 Å². The van der Waals surface area contributed by atoms with Crippen LogP contribution in [0.4, 0.5) is 13.2 Å². The summed E-state index contributed by atoms with van der Waals surface area (Å²) in [6, 6.07) is 11.7. The van der Waals surface area contributed by atoms with Gasteiger partial charge < -0.3 is 4.90 Å². The van der Waals surface area contributed by atoms with Crippen LogP contribution in [-0.4, -0.2) is 27.3 Å². The molecule has 0 N–H and O–H groups in total. The molecule has 0 saturated heterocycles. The fraction of sp³-hybridized carbons (Fsp3) is 0.292. The number of carbonyl (C=O) groups excluding carboxylic acids is 1. The first-order chi connectivity index (χ1) is 15.3. The van der Waals surface area contributed by atoms with E-state index in [0.717, 1.165) is 53.3 Å². The fourth-order valence-corrected chi connectivity index (χ4v) is 4.09. The minimum atomic E-state index is -4.43. The molecule has 3 aromatic rings. The van der Waals surface area contributed by atoms with Gasteiger partial charge in [0.25, 0.3) is 5.91 Å². The van der Waals surface area contributed by atoms with Crippen molar-refractivity contribution in [2.45, 2.75) is 37.9 Å². The van der Waals surface area contributed by atoms with Crippen molar-refractivity contribution in [3.63, 3.8) is 0 Å². The monoisotopic (exact) mass is 457 g/mol. The average molecular weight is 458 g/mol. The molecule has 1 aliphatic carbocycles. The predicted molar refractivity (Wildman–Crippen MR) is 114 cm³/mol. The Hall–Kier alpha value is -2.93. The van der Waals surface area contributed by atoms with Crippen LogP contribution in [0.5, 0.6) is 0 Å². The lowest BCUT2D eigenvalue weighted by atomic mass is 9.98. The Morgan fingerprint density at radius 3 is 2.31 bits per heavy atom. The number of hydrogen-bond donors (Lipinski definition) is 0. The summed E-state index contributed by atoms with van der Waals surface area (Å²) < 4.78 is 38.5. The summed E-state index contributed by atoms with van der Waals surface area (Å²) >= 11 is 6.05. The van der Waals surface area contributed by atoms with E-state index in [9.17, 15) is 18.0 Å². The van der Waals surface area contributed by atoms with Crippen LogP contribution in [0.2, 0.25) is 5.02 Å². The smallest absolute Gasteiger partial charge is 0.334 e. The highest BCUT2D eigenvalue weighted by Gasteiger charge is 2.33. The molecule has 164 valence electrons. The number of amides is 1. The first-order valence-electron chi connectivity index (χ1n) is 10.4. The van der Waals surface area contributed by atoms with Crippen LogP contribution < -0.4 is 0 Å². The molecule has 1 aliphatic heterocycles. The maximum Gasteiger partial charge on any atom is 0.416 e. The zero-order chi connectivity index (χ0) is 22.5. The SMILES string of the molecule is O=C(c1ccc(C(F)(F)F)cc1)N1CCc2nc(C3CC3)nc(-c3ccc(Cl)cc3)c2C1. The first kappa shape index (κ1) is 20.9. The van der Waals surface area contributed by atoms with Crippen molar-refractivity contribution in [1.82, 2.24) is 14.9 Å². The van der Waals surface area contributed by atoms with Gasteiger partial charge in [-0.2, -0.15) is 13.2 Å². The number of benzene rings is 2. The van der Waals surface area contributed by atoms with Gasteiger partial charge in [0.15, 0.2) is 0 Å². The van der Waals surface area contributed by atoms with Crippen molar-refractivity contribution in [3.8, 4) is 11.3 Å². The Balaban J connectivity index is 1.47. The van der Waals surface area contributed by atoms with Crippen LogP contribution >= 0.6 is 11.6 Å². The highest BCUT2D eigenvalue weighted by molar-refractivity contribution is 6.30. The summed E-state index contributed by atoms with van der Waals surface area (Å²) in [7, 11) is 0. The molecule has 2 aromatic carbocycles. The van der Waals surface area contributed by atoms with Crippen LogP contribution in [0.3, 0.4) is 0 Å². The molecular weight excluding hydrogens is 439 g/mol. The van der Waals surface area contributed by atoms with Gasteiger partial charge in [-0.05, 0) is 49.2 Å². The molecule has 1 saturated carbocycles. The van der Waals surface area contributed by atoms with Crippen LogP contribution in [0, 0.1) is 0 Å². The summed E-state index contributed by atoms with van der Waals surface area (Å²) in [5, 5.41) is 0.623. The van der Waals surface area contributed by atoms with Gasteiger partial charge in [0.05, 0.1) is 17.0 Å². The standard InChI is InChI=1S/C24H19ClF3N3O/c25-18-9-5-14(6-10-18)21-19-13-31(12-11-20(19)29-22(30-21)15-1-2-15)23(32)16-3-7-17(8-4-16)24(26,27)28/h3-10,15H,1-2,11-13H2. The maximum absolute atomic E-state index is 13.0. The van der Waals surface area contributed by atoms with Crippen molar-refractivity contribution in [3.05, 3.63) is 81.8 Å². The zero-order valence-electron chi connectivity index (χ0n) is 17.0. The minimum Gasteiger partial charge on any atom is -0.334 e. The van der Waals surface area contributed by atoms with E-state index in [4.69, 9.17) is 21.6 Å². The van der Waals surface area contributed by atoms with Crippen LogP contribution in [0.15, 0.2) is 48.5 Å². The number of fused-ring (bicyclic) bond motifs is 1. The number of nitrogens with zero attached hydrogens (tertiary/aromatic N) is 3. The molecule has 0 spiro atoms. The average Bonchev–Trinajstić information content (AvgIpc) is 3.63. The number of halogens is 4. The Labute approximate surface area is 188 Å². The Morgan fingerprint density at radius 1 is 1.00 bits per heavy atom. The van der Waals surface area contributed by atoms with Crippen LogP contribution in [0.1, 0.15) is 51.8 Å². The Bertz CT molecular complexity index is 1170. The van der Waals surface area contributed by atoms with Crippen molar-refractivity contribution >= 4 is 17.5 Å². The molecule has 1 fully saturated rings. The van der Waals surface area contributed by atoms with E-state index >= 15 is 0 Å². The topological polar surface area (TPSA) is 46.1 Å².